The SMILES string of the molecule is C[C@H](Nc1nc(C(=O)CC2CC2)c2sccc2n1)c1ccccn1. The van der Waals surface area contributed by atoms with Crippen molar-refractivity contribution in [2.24, 2.45) is 5.92 Å². The Kier molecular flexibility index (Phi) is 3.98. The van der Waals surface area contributed by atoms with Gasteiger partial charge in [0, 0.05) is 12.6 Å². The Bertz CT molecular complexity index is 873. The first-order chi connectivity index (χ1) is 11.7. The number of hydrogen-bond acceptors (Lipinski definition) is 6. The molecule has 1 fully saturated rings. The van der Waals surface area contributed by atoms with Crippen molar-refractivity contribution in [1.29, 1.82) is 0 Å². The van der Waals surface area contributed by atoms with E-state index in [-0.39, 0.29) is 11.8 Å². The Balaban J connectivity index is 1.64. The molecular formula is C18H18N4OS. The molecule has 122 valence electrons. The molecule has 0 spiro atoms. The van der Waals surface area contributed by atoms with E-state index in [1.807, 2.05) is 36.6 Å². The van der Waals surface area contributed by atoms with Crippen molar-refractivity contribution in [3.8, 4) is 0 Å². The summed E-state index contributed by atoms with van der Waals surface area (Å²) in [5.41, 5.74) is 2.29. The highest BCUT2D eigenvalue weighted by Gasteiger charge is 2.27. The first kappa shape index (κ1) is 15.2. The maximum absolute atomic E-state index is 12.6. The molecule has 0 unspecified atom stereocenters. The second-order valence-electron chi connectivity index (χ2n) is 6.22. The quantitative estimate of drug-likeness (QED) is 0.681. The highest BCUT2D eigenvalue weighted by molar-refractivity contribution is 7.17. The van der Waals surface area contributed by atoms with Gasteiger partial charge in [0.15, 0.2) is 5.78 Å². The summed E-state index contributed by atoms with van der Waals surface area (Å²) in [6.45, 7) is 2.01. The minimum absolute atomic E-state index is 0.0336. The minimum atomic E-state index is -0.0336. The van der Waals surface area contributed by atoms with E-state index in [4.69, 9.17) is 0 Å². The lowest BCUT2D eigenvalue weighted by Crippen LogP contribution is -2.13. The number of pyridine rings is 1. The molecule has 5 nitrogen and oxygen atoms in total. The summed E-state index contributed by atoms with van der Waals surface area (Å²) >= 11 is 1.53. The molecule has 24 heavy (non-hydrogen) atoms. The van der Waals surface area contributed by atoms with Gasteiger partial charge in [0.05, 0.1) is 22.0 Å². The van der Waals surface area contributed by atoms with Gasteiger partial charge in [-0.05, 0) is 49.3 Å². The molecule has 1 aliphatic rings. The van der Waals surface area contributed by atoms with Crippen LogP contribution in [-0.2, 0) is 0 Å². The Morgan fingerprint density at radius 1 is 1.33 bits per heavy atom. The van der Waals surface area contributed by atoms with Crippen molar-refractivity contribution in [2.45, 2.75) is 32.2 Å². The largest absolute Gasteiger partial charge is 0.346 e. The third-order valence-corrected chi connectivity index (χ3v) is 5.13. The zero-order valence-electron chi connectivity index (χ0n) is 13.4. The van der Waals surface area contributed by atoms with Crippen LogP contribution in [0.4, 0.5) is 5.95 Å². The summed E-state index contributed by atoms with van der Waals surface area (Å²) in [5, 5.41) is 5.23. The van der Waals surface area contributed by atoms with E-state index in [0.717, 1.165) is 28.8 Å². The molecule has 0 saturated heterocycles. The normalized spacial score (nSPS) is 15.4. The van der Waals surface area contributed by atoms with Gasteiger partial charge in [0.1, 0.15) is 5.69 Å². The number of aromatic nitrogens is 3. The van der Waals surface area contributed by atoms with Crippen molar-refractivity contribution in [1.82, 2.24) is 15.0 Å². The smallest absolute Gasteiger partial charge is 0.224 e. The summed E-state index contributed by atoms with van der Waals surface area (Å²) in [6, 6.07) is 7.70. The first-order valence-electron chi connectivity index (χ1n) is 8.16. The number of Topliss-reactive ketones (excluding diaryl/α,β-unsaturated/α-hetero) is 1. The third kappa shape index (κ3) is 3.14. The monoisotopic (exact) mass is 338 g/mol. The van der Waals surface area contributed by atoms with Crippen LogP contribution in [0.5, 0.6) is 0 Å². The van der Waals surface area contributed by atoms with E-state index in [1.54, 1.807) is 6.20 Å². The molecule has 1 aliphatic carbocycles. The molecule has 0 aliphatic heterocycles. The summed E-state index contributed by atoms with van der Waals surface area (Å²) in [4.78, 5) is 26.0. The molecule has 4 rings (SSSR count). The van der Waals surface area contributed by atoms with Crippen LogP contribution >= 0.6 is 11.3 Å². The van der Waals surface area contributed by atoms with E-state index < -0.39 is 0 Å². The number of hydrogen-bond donors (Lipinski definition) is 1. The summed E-state index contributed by atoms with van der Waals surface area (Å²) in [7, 11) is 0. The zero-order chi connectivity index (χ0) is 16.5. The van der Waals surface area contributed by atoms with Crippen molar-refractivity contribution in [2.75, 3.05) is 5.32 Å². The van der Waals surface area contributed by atoms with E-state index in [9.17, 15) is 4.79 Å². The molecule has 3 heterocycles. The van der Waals surface area contributed by atoms with Gasteiger partial charge < -0.3 is 5.32 Å². The van der Waals surface area contributed by atoms with Crippen molar-refractivity contribution in [3.63, 3.8) is 0 Å². The van der Waals surface area contributed by atoms with Gasteiger partial charge in [0.25, 0.3) is 0 Å². The molecule has 3 aromatic heterocycles. The molecule has 0 bridgehead atoms. The molecule has 3 aromatic rings. The number of carbonyl (C=O) groups excluding carboxylic acids is 1. The van der Waals surface area contributed by atoms with Crippen molar-refractivity contribution in [3.05, 3.63) is 47.2 Å². The standard InChI is InChI=1S/C18H18N4OS/c1-11(13-4-2-3-8-19-13)20-18-21-14-7-9-24-17(14)16(22-18)15(23)10-12-5-6-12/h2-4,7-9,11-12H,5-6,10H2,1H3,(H,20,21,22)/t11-/m0/s1. The molecule has 1 atom stereocenters. The maximum atomic E-state index is 12.6. The van der Waals surface area contributed by atoms with Crippen LogP contribution in [0.2, 0.25) is 0 Å². The van der Waals surface area contributed by atoms with E-state index >= 15 is 0 Å². The van der Waals surface area contributed by atoms with Gasteiger partial charge in [-0.2, -0.15) is 0 Å². The lowest BCUT2D eigenvalue weighted by molar-refractivity contribution is 0.0973. The molecule has 1 N–H and O–H groups in total. The first-order valence-corrected chi connectivity index (χ1v) is 9.04. The van der Waals surface area contributed by atoms with Gasteiger partial charge in [-0.15, -0.1) is 11.3 Å². The van der Waals surface area contributed by atoms with Crippen LogP contribution in [0.1, 0.15) is 48.4 Å². The average molecular weight is 338 g/mol. The number of fused-ring (bicyclic) bond motifs is 1. The Labute approximate surface area is 144 Å². The second-order valence-corrected chi connectivity index (χ2v) is 7.14. The van der Waals surface area contributed by atoms with Gasteiger partial charge in [-0.1, -0.05) is 6.07 Å². The topological polar surface area (TPSA) is 67.8 Å². The van der Waals surface area contributed by atoms with Gasteiger partial charge in [-0.25, -0.2) is 9.97 Å². The number of thiophene rings is 1. The zero-order valence-corrected chi connectivity index (χ0v) is 14.2. The second kappa shape index (κ2) is 6.28. The fourth-order valence-corrected chi connectivity index (χ4v) is 3.54. The van der Waals surface area contributed by atoms with Crippen LogP contribution in [0.15, 0.2) is 35.8 Å². The predicted molar refractivity (Wildman–Crippen MR) is 95.4 cm³/mol. The Hall–Kier alpha value is -2.34. The molecule has 0 aromatic carbocycles. The van der Waals surface area contributed by atoms with Crippen LogP contribution in [0.3, 0.4) is 0 Å². The van der Waals surface area contributed by atoms with Gasteiger partial charge in [0.2, 0.25) is 5.95 Å². The highest BCUT2D eigenvalue weighted by Crippen LogP contribution is 2.35. The summed E-state index contributed by atoms with van der Waals surface area (Å²) < 4.78 is 0.886. The van der Waals surface area contributed by atoms with Crippen LogP contribution in [-0.4, -0.2) is 20.7 Å². The highest BCUT2D eigenvalue weighted by atomic mass is 32.1. The number of anilines is 1. The van der Waals surface area contributed by atoms with Crippen molar-refractivity contribution >= 4 is 33.3 Å². The number of rotatable bonds is 6. The van der Waals surface area contributed by atoms with Crippen LogP contribution in [0, 0.1) is 5.92 Å². The fourth-order valence-electron chi connectivity index (χ4n) is 2.70. The fraction of sp³-hybridized carbons (Fsp3) is 0.333. The summed E-state index contributed by atoms with van der Waals surface area (Å²) in [6.07, 6.45) is 4.68. The molecule has 6 heteroatoms. The lowest BCUT2D eigenvalue weighted by atomic mass is 10.1. The Morgan fingerprint density at radius 3 is 2.96 bits per heavy atom. The van der Waals surface area contributed by atoms with Gasteiger partial charge in [-0.3, -0.25) is 9.78 Å². The summed E-state index contributed by atoms with van der Waals surface area (Å²) in [5.74, 6) is 1.16. The molecular weight excluding hydrogens is 320 g/mol. The van der Waals surface area contributed by atoms with E-state index in [0.29, 0.717) is 24.0 Å². The number of nitrogens with one attached hydrogen (secondary N) is 1. The number of nitrogens with zero attached hydrogens (tertiary/aromatic N) is 3. The van der Waals surface area contributed by atoms with E-state index in [2.05, 4.69) is 20.3 Å². The average Bonchev–Trinajstić information content (AvgIpc) is 3.28. The van der Waals surface area contributed by atoms with Crippen LogP contribution < -0.4 is 5.32 Å². The predicted octanol–water partition coefficient (Wildman–Crippen LogP) is 4.24. The Morgan fingerprint density at radius 2 is 2.21 bits per heavy atom. The maximum Gasteiger partial charge on any atom is 0.224 e. The lowest BCUT2D eigenvalue weighted by Gasteiger charge is -2.14. The minimum Gasteiger partial charge on any atom is -0.346 e. The molecule has 0 radical (unpaired) electrons. The number of carbonyl (C=O) groups is 1. The van der Waals surface area contributed by atoms with E-state index in [1.165, 1.54) is 11.3 Å². The molecule has 0 amide bonds. The van der Waals surface area contributed by atoms with Crippen LogP contribution in [0.25, 0.3) is 10.2 Å². The van der Waals surface area contributed by atoms with Crippen molar-refractivity contribution < 1.29 is 4.79 Å². The number of ketones is 1. The molecule has 1 saturated carbocycles. The third-order valence-electron chi connectivity index (χ3n) is 4.22. The van der Waals surface area contributed by atoms with Gasteiger partial charge >= 0.3 is 0 Å².